The van der Waals surface area contributed by atoms with Crippen LogP contribution in [0.3, 0.4) is 0 Å². The van der Waals surface area contributed by atoms with Gasteiger partial charge in [-0.25, -0.2) is 9.97 Å². The predicted molar refractivity (Wildman–Crippen MR) is 90.5 cm³/mol. The Labute approximate surface area is 141 Å². The molecule has 2 fully saturated rings. The summed E-state index contributed by atoms with van der Waals surface area (Å²) in [6, 6.07) is 3.94. The van der Waals surface area contributed by atoms with Crippen LogP contribution in [0.1, 0.15) is 31.2 Å². The summed E-state index contributed by atoms with van der Waals surface area (Å²) in [7, 11) is 0. The van der Waals surface area contributed by atoms with Gasteiger partial charge in [0.15, 0.2) is 0 Å². The van der Waals surface area contributed by atoms with Crippen LogP contribution in [0.4, 0.5) is 0 Å². The number of nitrogens with zero attached hydrogens (tertiary/aromatic N) is 3. The lowest BCUT2D eigenvalue weighted by Crippen LogP contribution is -2.47. The van der Waals surface area contributed by atoms with Crippen molar-refractivity contribution < 1.29 is 4.79 Å². The number of aromatic nitrogens is 3. The molecule has 126 valence electrons. The number of rotatable bonds is 4. The van der Waals surface area contributed by atoms with Crippen molar-refractivity contribution in [1.82, 2.24) is 25.2 Å². The Morgan fingerprint density at radius 3 is 3.25 bits per heavy atom. The van der Waals surface area contributed by atoms with E-state index in [-0.39, 0.29) is 11.3 Å². The number of fused-ring (bicyclic) bond motifs is 1. The molecule has 1 amide bonds. The predicted octanol–water partition coefficient (Wildman–Crippen LogP) is 1.66. The molecule has 0 spiro atoms. The van der Waals surface area contributed by atoms with Gasteiger partial charge in [-0.3, -0.25) is 9.36 Å². The van der Waals surface area contributed by atoms with E-state index in [1.54, 1.807) is 18.7 Å². The zero-order chi connectivity index (χ0) is 16.4. The number of pyridine rings is 1. The Balaban J connectivity index is 1.45. The van der Waals surface area contributed by atoms with Gasteiger partial charge >= 0.3 is 0 Å². The van der Waals surface area contributed by atoms with Crippen molar-refractivity contribution in [2.45, 2.75) is 32.2 Å². The molecule has 4 rings (SSSR count). The monoisotopic (exact) mass is 325 g/mol. The van der Waals surface area contributed by atoms with Crippen molar-refractivity contribution in [2.75, 3.05) is 13.1 Å². The number of hydrogen-bond donors (Lipinski definition) is 2. The molecule has 2 N–H and O–H groups in total. The van der Waals surface area contributed by atoms with Gasteiger partial charge in [0.2, 0.25) is 5.91 Å². The van der Waals surface area contributed by atoms with Crippen LogP contribution in [-0.2, 0) is 11.3 Å². The lowest BCUT2D eigenvalue weighted by molar-refractivity contribution is -0.134. The summed E-state index contributed by atoms with van der Waals surface area (Å²) in [6.45, 7) is 2.34. The third-order valence-electron chi connectivity index (χ3n) is 5.52. The van der Waals surface area contributed by atoms with Crippen LogP contribution >= 0.6 is 0 Å². The second-order valence-corrected chi connectivity index (χ2v) is 6.90. The van der Waals surface area contributed by atoms with Crippen LogP contribution in [0.15, 0.2) is 37.1 Å². The average Bonchev–Trinajstić information content (AvgIpc) is 3.29. The van der Waals surface area contributed by atoms with Crippen LogP contribution in [0.2, 0.25) is 0 Å². The fourth-order valence-electron chi connectivity index (χ4n) is 4.16. The smallest absolute Gasteiger partial charge is 0.228 e. The number of hydrogen-bond acceptors (Lipinski definition) is 4. The molecule has 6 nitrogen and oxygen atoms in total. The summed E-state index contributed by atoms with van der Waals surface area (Å²) in [4.78, 5) is 21.3. The van der Waals surface area contributed by atoms with Gasteiger partial charge in [0, 0.05) is 31.7 Å². The molecule has 3 heterocycles. The first-order valence-electron chi connectivity index (χ1n) is 8.70. The molecule has 1 saturated carbocycles. The van der Waals surface area contributed by atoms with E-state index in [2.05, 4.69) is 20.6 Å². The molecular formula is C18H23N5O. The fraction of sp³-hybridized carbons (Fsp3) is 0.500. The Morgan fingerprint density at radius 2 is 2.38 bits per heavy atom. The van der Waals surface area contributed by atoms with Crippen molar-refractivity contribution >= 4 is 5.91 Å². The Hall–Kier alpha value is -2.21. The number of carbonyl (C=O) groups excluding carboxylic acids is 1. The molecule has 0 unspecified atom stereocenters. The fourth-order valence-corrected chi connectivity index (χ4v) is 4.16. The Morgan fingerprint density at radius 1 is 1.42 bits per heavy atom. The normalized spacial score (nSPS) is 26.1. The minimum Gasteiger partial charge on any atom is -0.351 e. The lowest BCUT2D eigenvalue weighted by atomic mass is 9.67. The van der Waals surface area contributed by atoms with Crippen LogP contribution in [0.25, 0.3) is 5.82 Å². The Bertz CT molecular complexity index is 714. The molecule has 0 aromatic carbocycles. The zero-order valence-corrected chi connectivity index (χ0v) is 13.7. The second-order valence-electron chi connectivity index (χ2n) is 6.90. The standard InChI is InChI=1S/C18H23N5O/c24-17(18-5-2-1-3-15(18)11-20-12-18)22-10-14-4-6-21-16(9-14)23-8-7-19-13-23/h4,6-9,13,15,20H,1-3,5,10-12H2,(H,22,24)/t15-,18+/m0/s1. The summed E-state index contributed by atoms with van der Waals surface area (Å²) in [5, 5.41) is 6.60. The van der Waals surface area contributed by atoms with Crippen molar-refractivity contribution in [2.24, 2.45) is 11.3 Å². The first kappa shape index (κ1) is 15.3. The largest absolute Gasteiger partial charge is 0.351 e. The first-order chi connectivity index (χ1) is 11.8. The molecule has 2 atom stereocenters. The van der Waals surface area contributed by atoms with Gasteiger partial charge in [-0.15, -0.1) is 0 Å². The maximum atomic E-state index is 12.9. The number of imidazole rings is 1. The zero-order valence-electron chi connectivity index (χ0n) is 13.7. The highest BCUT2D eigenvalue weighted by Gasteiger charge is 2.49. The van der Waals surface area contributed by atoms with Gasteiger partial charge in [-0.05, 0) is 43.0 Å². The molecule has 1 saturated heterocycles. The molecular weight excluding hydrogens is 302 g/mol. The molecule has 0 radical (unpaired) electrons. The summed E-state index contributed by atoms with van der Waals surface area (Å²) < 4.78 is 1.86. The van der Waals surface area contributed by atoms with Crippen LogP contribution in [-0.4, -0.2) is 33.5 Å². The topological polar surface area (TPSA) is 71.8 Å². The maximum Gasteiger partial charge on any atom is 0.228 e. The van der Waals surface area contributed by atoms with E-state index >= 15 is 0 Å². The molecule has 0 bridgehead atoms. The minimum atomic E-state index is -0.196. The highest BCUT2D eigenvalue weighted by Crippen LogP contribution is 2.43. The summed E-state index contributed by atoms with van der Waals surface area (Å²) in [5.74, 6) is 1.51. The van der Waals surface area contributed by atoms with Gasteiger partial charge in [0.1, 0.15) is 12.1 Å². The maximum absolute atomic E-state index is 12.9. The number of nitrogens with one attached hydrogen (secondary N) is 2. The number of carbonyl (C=O) groups is 1. The lowest BCUT2D eigenvalue weighted by Gasteiger charge is -2.37. The molecule has 24 heavy (non-hydrogen) atoms. The van der Waals surface area contributed by atoms with Crippen molar-refractivity contribution in [3.05, 3.63) is 42.6 Å². The summed E-state index contributed by atoms with van der Waals surface area (Å²) >= 11 is 0. The van der Waals surface area contributed by atoms with Gasteiger partial charge in [0.05, 0.1) is 5.41 Å². The molecule has 6 heteroatoms. The second kappa shape index (κ2) is 6.36. The van der Waals surface area contributed by atoms with Gasteiger partial charge in [0.25, 0.3) is 0 Å². The van der Waals surface area contributed by atoms with Crippen LogP contribution < -0.4 is 10.6 Å². The van der Waals surface area contributed by atoms with E-state index in [0.717, 1.165) is 37.3 Å². The molecule has 2 aromatic rings. The van der Waals surface area contributed by atoms with E-state index in [9.17, 15) is 4.79 Å². The van der Waals surface area contributed by atoms with E-state index in [1.165, 1.54) is 12.8 Å². The highest BCUT2D eigenvalue weighted by atomic mass is 16.2. The van der Waals surface area contributed by atoms with Gasteiger partial charge < -0.3 is 10.6 Å². The minimum absolute atomic E-state index is 0.196. The van der Waals surface area contributed by atoms with E-state index < -0.39 is 0 Å². The van der Waals surface area contributed by atoms with Crippen molar-refractivity contribution in [3.63, 3.8) is 0 Å². The third-order valence-corrected chi connectivity index (χ3v) is 5.52. The third kappa shape index (κ3) is 2.71. The Kier molecular flexibility index (Phi) is 4.06. The molecule has 2 aliphatic rings. The molecule has 1 aliphatic carbocycles. The highest BCUT2D eigenvalue weighted by molar-refractivity contribution is 5.83. The van der Waals surface area contributed by atoms with E-state index in [4.69, 9.17) is 0 Å². The van der Waals surface area contributed by atoms with Crippen LogP contribution in [0.5, 0.6) is 0 Å². The summed E-state index contributed by atoms with van der Waals surface area (Å²) in [5.41, 5.74) is 0.857. The molecule has 2 aromatic heterocycles. The van der Waals surface area contributed by atoms with Gasteiger partial charge in [-0.2, -0.15) is 0 Å². The van der Waals surface area contributed by atoms with Crippen molar-refractivity contribution in [3.8, 4) is 5.82 Å². The van der Waals surface area contributed by atoms with E-state index in [1.807, 2.05) is 22.9 Å². The van der Waals surface area contributed by atoms with E-state index in [0.29, 0.717) is 12.5 Å². The SMILES string of the molecule is O=C(NCc1ccnc(-n2ccnc2)c1)[C@@]12CCCC[C@H]1CNC2. The summed E-state index contributed by atoms with van der Waals surface area (Å²) in [6.07, 6.45) is 11.7. The van der Waals surface area contributed by atoms with Crippen molar-refractivity contribution in [1.29, 1.82) is 0 Å². The van der Waals surface area contributed by atoms with Crippen LogP contribution in [0, 0.1) is 11.3 Å². The quantitative estimate of drug-likeness (QED) is 0.897. The average molecular weight is 325 g/mol. The number of amides is 1. The van der Waals surface area contributed by atoms with Gasteiger partial charge in [-0.1, -0.05) is 12.8 Å². The first-order valence-corrected chi connectivity index (χ1v) is 8.70. The molecule has 1 aliphatic heterocycles.